The third kappa shape index (κ3) is 2.59. The van der Waals surface area contributed by atoms with Crippen molar-refractivity contribution >= 4 is 5.91 Å². The summed E-state index contributed by atoms with van der Waals surface area (Å²) >= 11 is 0. The lowest BCUT2D eigenvalue weighted by Crippen LogP contribution is -2.38. The molecule has 0 bridgehead atoms. The average molecular weight is 208 g/mol. The molecule has 3 heteroatoms. The summed E-state index contributed by atoms with van der Waals surface area (Å²) in [7, 11) is 0. The molecule has 0 spiro atoms. The molecule has 0 aromatic rings. The molecule has 1 saturated heterocycles. The molecule has 1 aliphatic heterocycles. The van der Waals surface area contributed by atoms with Gasteiger partial charge in [-0.2, -0.15) is 0 Å². The maximum atomic E-state index is 11.7. The van der Waals surface area contributed by atoms with Crippen molar-refractivity contribution in [2.24, 2.45) is 5.92 Å². The van der Waals surface area contributed by atoms with Gasteiger partial charge in [0.25, 0.3) is 0 Å². The highest BCUT2D eigenvalue weighted by atomic mass is 16.1. The lowest BCUT2D eigenvalue weighted by Gasteiger charge is -2.25. The van der Waals surface area contributed by atoms with E-state index in [0.29, 0.717) is 0 Å². The van der Waals surface area contributed by atoms with Crippen LogP contribution < -0.4 is 10.6 Å². The standard InChI is InChI=1S/C12H20N2O/c1-9(11-7-13-8-11)12(15)14-6-5-10-3-2-4-10/h10,13H,2-8H2,1H3,(H,14,15). The van der Waals surface area contributed by atoms with Crippen molar-refractivity contribution in [1.29, 1.82) is 0 Å². The van der Waals surface area contributed by atoms with Crippen LogP contribution in [0.4, 0.5) is 0 Å². The predicted octanol–water partition coefficient (Wildman–Crippen LogP) is 1.21. The topological polar surface area (TPSA) is 41.1 Å². The predicted molar refractivity (Wildman–Crippen MR) is 60.5 cm³/mol. The molecule has 1 aliphatic carbocycles. The van der Waals surface area contributed by atoms with Gasteiger partial charge in [-0.3, -0.25) is 4.79 Å². The van der Waals surface area contributed by atoms with Gasteiger partial charge in [0.1, 0.15) is 0 Å². The van der Waals surface area contributed by atoms with Gasteiger partial charge in [-0.05, 0) is 24.8 Å². The van der Waals surface area contributed by atoms with Crippen molar-refractivity contribution in [3.8, 4) is 0 Å². The molecule has 0 atom stereocenters. The number of rotatable bonds is 4. The molecule has 2 fully saturated rings. The second-order valence-electron chi connectivity index (χ2n) is 4.67. The van der Waals surface area contributed by atoms with E-state index in [1.165, 1.54) is 24.8 Å². The van der Waals surface area contributed by atoms with Gasteiger partial charge in [-0.15, -0.1) is 0 Å². The van der Waals surface area contributed by atoms with Crippen molar-refractivity contribution in [1.82, 2.24) is 10.6 Å². The van der Waals surface area contributed by atoms with Gasteiger partial charge >= 0.3 is 0 Å². The van der Waals surface area contributed by atoms with Crippen molar-refractivity contribution in [2.45, 2.75) is 32.6 Å². The van der Waals surface area contributed by atoms with E-state index in [2.05, 4.69) is 10.6 Å². The molecule has 2 aliphatic rings. The molecule has 15 heavy (non-hydrogen) atoms. The van der Waals surface area contributed by atoms with E-state index < -0.39 is 0 Å². The van der Waals surface area contributed by atoms with Crippen LogP contribution in [-0.4, -0.2) is 25.5 Å². The smallest absolute Gasteiger partial charge is 0.246 e. The zero-order valence-electron chi connectivity index (χ0n) is 9.44. The third-order valence-corrected chi connectivity index (χ3v) is 3.61. The Morgan fingerprint density at radius 3 is 2.67 bits per heavy atom. The fourth-order valence-corrected chi connectivity index (χ4v) is 1.98. The summed E-state index contributed by atoms with van der Waals surface area (Å²) < 4.78 is 0. The maximum absolute atomic E-state index is 11.7. The molecular formula is C12H20N2O. The average Bonchev–Trinajstić information content (AvgIpc) is 2.05. The number of hydrogen-bond acceptors (Lipinski definition) is 2. The van der Waals surface area contributed by atoms with E-state index in [4.69, 9.17) is 0 Å². The second-order valence-corrected chi connectivity index (χ2v) is 4.67. The van der Waals surface area contributed by atoms with Crippen LogP contribution in [0.5, 0.6) is 0 Å². The van der Waals surface area contributed by atoms with Crippen LogP contribution in [-0.2, 0) is 4.79 Å². The minimum atomic E-state index is 0.130. The lowest BCUT2D eigenvalue weighted by atomic mass is 9.83. The lowest BCUT2D eigenvalue weighted by molar-refractivity contribution is -0.117. The molecular weight excluding hydrogens is 188 g/mol. The number of carbonyl (C=O) groups excluding carboxylic acids is 1. The number of hydrogen-bond donors (Lipinski definition) is 2. The van der Waals surface area contributed by atoms with E-state index in [-0.39, 0.29) is 5.91 Å². The summed E-state index contributed by atoms with van der Waals surface area (Å²) in [4.78, 5) is 11.7. The Balaban J connectivity index is 1.67. The first kappa shape index (κ1) is 10.7. The first-order valence-corrected chi connectivity index (χ1v) is 5.95. The van der Waals surface area contributed by atoms with Crippen LogP contribution in [0.1, 0.15) is 32.6 Å². The van der Waals surface area contributed by atoms with E-state index in [9.17, 15) is 4.79 Å². The first-order valence-electron chi connectivity index (χ1n) is 5.95. The molecule has 2 rings (SSSR count). The Bertz CT molecular complexity index is 273. The van der Waals surface area contributed by atoms with Crippen molar-refractivity contribution < 1.29 is 4.79 Å². The largest absolute Gasteiger partial charge is 0.352 e. The van der Waals surface area contributed by atoms with Crippen LogP contribution in [0.25, 0.3) is 0 Å². The van der Waals surface area contributed by atoms with Crippen LogP contribution in [0.3, 0.4) is 0 Å². The minimum absolute atomic E-state index is 0.130. The summed E-state index contributed by atoms with van der Waals surface area (Å²) in [6, 6.07) is 0. The summed E-state index contributed by atoms with van der Waals surface area (Å²) in [5.41, 5.74) is 2.18. The van der Waals surface area contributed by atoms with Crippen LogP contribution in [0.15, 0.2) is 11.1 Å². The zero-order chi connectivity index (χ0) is 10.7. The van der Waals surface area contributed by atoms with Gasteiger partial charge in [-0.25, -0.2) is 0 Å². The molecule has 3 nitrogen and oxygen atoms in total. The second kappa shape index (κ2) is 4.79. The highest BCUT2D eigenvalue weighted by Crippen LogP contribution is 2.28. The quantitative estimate of drug-likeness (QED) is 0.682. The third-order valence-electron chi connectivity index (χ3n) is 3.61. The molecule has 2 N–H and O–H groups in total. The Labute approximate surface area is 91.3 Å². The fraction of sp³-hybridized carbons (Fsp3) is 0.750. The number of nitrogens with one attached hydrogen (secondary N) is 2. The van der Waals surface area contributed by atoms with Gasteiger partial charge in [0.15, 0.2) is 0 Å². The van der Waals surface area contributed by atoms with E-state index in [0.717, 1.165) is 37.5 Å². The summed E-state index contributed by atoms with van der Waals surface area (Å²) in [5.74, 6) is 1.01. The van der Waals surface area contributed by atoms with Crippen molar-refractivity contribution in [2.75, 3.05) is 19.6 Å². The highest BCUT2D eigenvalue weighted by Gasteiger charge is 2.18. The van der Waals surface area contributed by atoms with Gasteiger partial charge in [0.2, 0.25) is 5.91 Å². The summed E-state index contributed by atoms with van der Waals surface area (Å²) in [6.07, 6.45) is 5.26. The Kier molecular flexibility index (Phi) is 3.41. The Morgan fingerprint density at radius 2 is 2.20 bits per heavy atom. The Hall–Kier alpha value is -0.830. The molecule has 1 amide bonds. The normalized spacial score (nSPS) is 20.5. The first-order chi connectivity index (χ1) is 7.27. The zero-order valence-corrected chi connectivity index (χ0v) is 9.44. The number of amides is 1. The molecule has 0 aromatic heterocycles. The summed E-state index contributed by atoms with van der Waals surface area (Å²) in [5, 5.41) is 6.16. The van der Waals surface area contributed by atoms with E-state index in [1.54, 1.807) is 0 Å². The molecule has 0 aromatic carbocycles. The minimum Gasteiger partial charge on any atom is -0.352 e. The van der Waals surface area contributed by atoms with E-state index >= 15 is 0 Å². The van der Waals surface area contributed by atoms with Crippen LogP contribution in [0, 0.1) is 5.92 Å². The van der Waals surface area contributed by atoms with E-state index in [1.807, 2.05) is 6.92 Å². The van der Waals surface area contributed by atoms with Crippen LogP contribution >= 0.6 is 0 Å². The SMILES string of the molecule is CC(C(=O)NCCC1CCC1)=C1CNC1. The molecule has 1 saturated carbocycles. The van der Waals surface area contributed by atoms with Crippen molar-refractivity contribution in [3.05, 3.63) is 11.1 Å². The molecule has 0 radical (unpaired) electrons. The van der Waals surface area contributed by atoms with Crippen molar-refractivity contribution in [3.63, 3.8) is 0 Å². The highest BCUT2D eigenvalue weighted by molar-refractivity contribution is 5.93. The van der Waals surface area contributed by atoms with Crippen LogP contribution in [0.2, 0.25) is 0 Å². The monoisotopic (exact) mass is 208 g/mol. The maximum Gasteiger partial charge on any atom is 0.246 e. The number of carbonyl (C=O) groups is 1. The molecule has 84 valence electrons. The Morgan fingerprint density at radius 1 is 1.47 bits per heavy atom. The molecule has 0 unspecified atom stereocenters. The van der Waals surface area contributed by atoms with Gasteiger partial charge < -0.3 is 10.6 Å². The molecule has 1 heterocycles. The van der Waals surface area contributed by atoms with Gasteiger partial charge in [0.05, 0.1) is 0 Å². The fourth-order valence-electron chi connectivity index (χ4n) is 1.98. The van der Waals surface area contributed by atoms with Gasteiger partial charge in [0, 0.05) is 25.2 Å². The van der Waals surface area contributed by atoms with Gasteiger partial charge in [-0.1, -0.05) is 19.3 Å². The summed E-state index contributed by atoms with van der Waals surface area (Å²) in [6.45, 7) is 4.56.